The molecule has 8 nitrogen and oxygen atoms in total. The average molecular weight is 431 g/mol. The molecule has 2 aliphatic heterocycles. The van der Waals surface area contributed by atoms with E-state index in [1.807, 2.05) is 45.2 Å². The molecule has 5 rings (SSSR count). The van der Waals surface area contributed by atoms with E-state index in [1.165, 1.54) is 0 Å². The topological polar surface area (TPSA) is 92.2 Å². The molecule has 0 fully saturated rings. The van der Waals surface area contributed by atoms with Crippen molar-refractivity contribution in [3.05, 3.63) is 52.5 Å². The Bertz CT molecular complexity index is 1300. The summed E-state index contributed by atoms with van der Waals surface area (Å²) in [7, 11) is 3.66. The van der Waals surface area contributed by atoms with E-state index in [0.717, 1.165) is 33.8 Å². The van der Waals surface area contributed by atoms with E-state index < -0.39 is 0 Å². The largest absolute Gasteiger partial charge is 0.476 e. The Hall–Kier alpha value is -3.81. The van der Waals surface area contributed by atoms with Crippen LogP contribution >= 0.6 is 0 Å². The molecule has 8 heteroatoms. The minimum absolute atomic E-state index is 0.0992. The third-order valence-electron chi connectivity index (χ3n) is 6.12. The van der Waals surface area contributed by atoms with Crippen molar-refractivity contribution in [2.75, 3.05) is 25.5 Å². The predicted octanol–water partition coefficient (Wildman–Crippen LogP) is 3.38. The number of anilines is 1. The lowest BCUT2D eigenvalue weighted by molar-refractivity contribution is -0.110. The van der Waals surface area contributed by atoms with Crippen molar-refractivity contribution in [2.24, 2.45) is 7.05 Å². The van der Waals surface area contributed by atoms with Crippen LogP contribution in [0.3, 0.4) is 0 Å². The number of ether oxygens (including phenoxy) is 1. The zero-order valence-corrected chi connectivity index (χ0v) is 18.6. The Morgan fingerprint density at radius 2 is 1.91 bits per heavy atom. The fourth-order valence-electron chi connectivity index (χ4n) is 4.32. The van der Waals surface area contributed by atoms with E-state index in [9.17, 15) is 9.59 Å². The molecular weight excluding hydrogens is 406 g/mol. The zero-order valence-electron chi connectivity index (χ0n) is 18.6. The Morgan fingerprint density at radius 3 is 2.72 bits per heavy atom. The third kappa shape index (κ3) is 3.19. The molecule has 0 saturated heterocycles. The summed E-state index contributed by atoms with van der Waals surface area (Å²) in [5.74, 6) is 0.259. The van der Waals surface area contributed by atoms with E-state index in [4.69, 9.17) is 4.74 Å². The lowest BCUT2D eigenvalue weighted by Gasteiger charge is -2.17. The quantitative estimate of drug-likeness (QED) is 0.571. The van der Waals surface area contributed by atoms with Crippen molar-refractivity contribution in [3.63, 3.8) is 0 Å². The highest BCUT2D eigenvalue weighted by molar-refractivity contribution is 6.35. The van der Waals surface area contributed by atoms with Crippen LogP contribution in [0.25, 0.3) is 22.8 Å². The molecule has 0 unspecified atom stereocenters. The Balaban J connectivity index is 1.73. The first kappa shape index (κ1) is 20.1. The molecule has 164 valence electrons. The Labute approximate surface area is 185 Å². The highest BCUT2D eigenvalue weighted by atomic mass is 16.5. The lowest BCUT2D eigenvalue weighted by Crippen LogP contribution is -2.29. The number of benzene rings is 1. The van der Waals surface area contributed by atoms with Gasteiger partial charge in [-0.25, -0.2) is 0 Å². The standard InChI is InChI=1S/C24H25N5O3/c1-13-10-18-20(25-13)12-17-16-11-15(6-7-19(16)26-22(17)30)21-14(2)29(4)27-23(21)32-9-5-8-28(3)24(18)31/h6-7,10-12,25H,5,8-9H2,1-4H3,(H,26,30)/b17-12-. The van der Waals surface area contributed by atoms with Gasteiger partial charge in [-0.15, -0.1) is 5.10 Å². The van der Waals surface area contributed by atoms with Crippen LogP contribution in [-0.4, -0.2) is 51.7 Å². The number of aromatic amines is 1. The zero-order chi connectivity index (χ0) is 22.6. The average Bonchev–Trinajstić information content (AvgIpc) is 3.37. The summed E-state index contributed by atoms with van der Waals surface area (Å²) in [5, 5.41) is 7.47. The van der Waals surface area contributed by atoms with Gasteiger partial charge in [0.25, 0.3) is 11.8 Å². The van der Waals surface area contributed by atoms with Gasteiger partial charge in [0.1, 0.15) is 0 Å². The second kappa shape index (κ2) is 7.40. The maximum atomic E-state index is 13.1. The number of hydrogen-bond acceptors (Lipinski definition) is 4. The highest BCUT2D eigenvalue weighted by Gasteiger charge is 2.28. The van der Waals surface area contributed by atoms with Gasteiger partial charge >= 0.3 is 0 Å². The predicted molar refractivity (Wildman–Crippen MR) is 122 cm³/mol. The first-order chi connectivity index (χ1) is 15.3. The van der Waals surface area contributed by atoms with Crippen LogP contribution in [0.5, 0.6) is 5.88 Å². The molecule has 0 aliphatic carbocycles. The molecule has 2 aliphatic rings. The van der Waals surface area contributed by atoms with Crippen molar-refractivity contribution in [3.8, 4) is 17.0 Å². The number of H-pyrrole nitrogens is 1. The number of rotatable bonds is 0. The molecule has 0 atom stereocenters. The van der Waals surface area contributed by atoms with Gasteiger partial charge in [-0.3, -0.25) is 14.3 Å². The molecular formula is C24H25N5O3. The molecule has 0 radical (unpaired) electrons. The molecule has 1 aromatic carbocycles. The van der Waals surface area contributed by atoms with Gasteiger partial charge in [0, 0.05) is 43.3 Å². The number of aromatic nitrogens is 3. The van der Waals surface area contributed by atoms with Crippen LogP contribution in [0.2, 0.25) is 0 Å². The molecule has 3 aromatic rings. The van der Waals surface area contributed by atoms with Gasteiger partial charge in [0.2, 0.25) is 5.88 Å². The summed E-state index contributed by atoms with van der Waals surface area (Å²) in [4.78, 5) is 30.9. The van der Waals surface area contributed by atoms with Crippen LogP contribution in [0.15, 0.2) is 24.3 Å². The van der Waals surface area contributed by atoms with Gasteiger partial charge in [-0.2, -0.15) is 0 Å². The van der Waals surface area contributed by atoms with Crippen molar-refractivity contribution >= 4 is 29.2 Å². The molecule has 2 N–H and O–H groups in total. The minimum atomic E-state index is -0.195. The monoisotopic (exact) mass is 431 g/mol. The van der Waals surface area contributed by atoms with Gasteiger partial charge in [-0.1, -0.05) is 6.07 Å². The summed E-state index contributed by atoms with van der Waals surface area (Å²) >= 11 is 0. The van der Waals surface area contributed by atoms with Gasteiger partial charge < -0.3 is 19.9 Å². The van der Waals surface area contributed by atoms with Crippen LogP contribution in [0.4, 0.5) is 5.69 Å². The molecule has 2 bridgehead atoms. The van der Waals surface area contributed by atoms with Crippen molar-refractivity contribution < 1.29 is 14.3 Å². The highest BCUT2D eigenvalue weighted by Crippen LogP contribution is 2.40. The molecule has 2 aromatic heterocycles. The van der Waals surface area contributed by atoms with Gasteiger partial charge in [0.15, 0.2) is 0 Å². The summed E-state index contributed by atoms with van der Waals surface area (Å²) in [6, 6.07) is 7.68. The number of fused-ring (bicyclic) bond motifs is 4. The van der Waals surface area contributed by atoms with Crippen molar-refractivity contribution in [1.82, 2.24) is 19.7 Å². The number of hydrogen-bond donors (Lipinski definition) is 2. The fourth-order valence-corrected chi connectivity index (χ4v) is 4.32. The van der Waals surface area contributed by atoms with Gasteiger partial charge in [0.05, 0.1) is 29.0 Å². The number of aryl methyl sites for hydroxylation is 2. The van der Waals surface area contributed by atoms with E-state index in [1.54, 1.807) is 22.7 Å². The third-order valence-corrected chi connectivity index (χ3v) is 6.12. The normalized spacial score (nSPS) is 17.5. The number of nitrogens with one attached hydrogen (secondary N) is 2. The maximum absolute atomic E-state index is 13.1. The SMILES string of the molecule is Cc1cc2c([nH]1)/C=C1\C(=O)Nc3ccc(cc31)-c1c(nn(C)c1C)OCCCN(C)C2=O. The molecule has 0 saturated carbocycles. The summed E-state index contributed by atoms with van der Waals surface area (Å²) < 4.78 is 7.84. The summed E-state index contributed by atoms with van der Waals surface area (Å²) in [6.45, 7) is 4.88. The smallest absolute Gasteiger partial charge is 0.256 e. The Morgan fingerprint density at radius 1 is 1.09 bits per heavy atom. The first-order valence-electron chi connectivity index (χ1n) is 10.6. The van der Waals surface area contributed by atoms with Crippen molar-refractivity contribution in [2.45, 2.75) is 20.3 Å². The van der Waals surface area contributed by atoms with Gasteiger partial charge in [-0.05, 0) is 50.1 Å². The van der Waals surface area contributed by atoms with Crippen LogP contribution in [0.1, 0.15) is 39.4 Å². The minimum Gasteiger partial charge on any atom is -0.476 e. The first-order valence-corrected chi connectivity index (χ1v) is 10.6. The summed E-state index contributed by atoms with van der Waals surface area (Å²) in [5.41, 5.74) is 6.89. The van der Waals surface area contributed by atoms with Crippen LogP contribution in [0, 0.1) is 13.8 Å². The molecule has 4 heterocycles. The number of nitrogens with zero attached hydrogens (tertiary/aromatic N) is 3. The van der Waals surface area contributed by atoms with Crippen molar-refractivity contribution in [1.29, 1.82) is 0 Å². The summed E-state index contributed by atoms with van der Waals surface area (Å²) in [6.07, 6.45) is 2.44. The van der Waals surface area contributed by atoms with E-state index in [-0.39, 0.29) is 11.8 Å². The van der Waals surface area contributed by atoms with E-state index in [0.29, 0.717) is 42.3 Å². The van der Waals surface area contributed by atoms with Crippen LogP contribution < -0.4 is 10.1 Å². The lowest BCUT2D eigenvalue weighted by atomic mass is 9.98. The number of carbonyl (C=O) groups is 2. The van der Waals surface area contributed by atoms with E-state index >= 15 is 0 Å². The second-order valence-electron chi connectivity index (χ2n) is 8.37. The molecule has 2 amide bonds. The molecule has 0 spiro atoms. The van der Waals surface area contributed by atoms with Crippen LogP contribution in [-0.2, 0) is 11.8 Å². The fraction of sp³-hybridized carbons (Fsp3) is 0.292. The molecule has 32 heavy (non-hydrogen) atoms. The maximum Gasteiger partial charge on any atom is 0.256 e. The second-order valence-corrected chi connectivity index (χ2v) is 8.37. The number of carbonyl (C=O) groups excluding carboxylic acids is 2. The Kier molecular flexibility index (Phi) is 4.65. The van der Waals surface area contributed by atoms with E-state index in [2.05, 4.69) is 15.4 Å². The number of amides is 2.